The summed E-state index contributed by atoms with van der Waals surface area (Å²) >= 11 is 1.55. The fourth-order valence-electron chi connectivity index (χ4n) is 2.82. The highest BCUT2D eigenvalue weighted by atomic mass is 32.1. The fraction of sp³-hybridized carbons (Fsp3) is 0.389. The van der Waals surface area contributed by atoms with Gasteiger partial charge < -0.3 is 9.47 Å². The maximum absolute atomic E-state index is 12.5. The van der Waals surface area contributed by atoms with Crippen LogP contribution in [-0.4, -0.2) is 30.4 Å². The van der Waals surface area contributed by atoms with Gasteiger partial charge in [-0.2, -0.15) is 5.10 Å². The first kappa shape index (κ1) is 17.4. The molecule has 1 aromatic carbocycles. The number of thiazole rings is 1. The third-order valence-electron chi connectivity index (χ3n) is 3.99. The first-order chi connectivity index (χ1) is 12.1. The number of aryl methyl sites for hydroxylation is 2. The number of hydrogen-bond donors (Lipinski definition) is 1. The van der Waals surface area contributed by atoms with E-state index in [1.165, 1.54) is 0 Å². The first-order valence-corrected chi connectivity index (χ1v) is 9.03. The van der Waals surface area contributed by atoms with Crippen molar-refractivity contribution < 1.29 is 14.3 Å². The minimum atomic E-state index is -0.472. The molecule has 1 aliphatic rings. The summed E-state index contributed by atoms with van der Waals surface area (Å²) in [7, 11) is 1.63. The predicted octanol–water partition coefficient (Wildman–Crippen LogP) is 3.52. The molecule has 1 aromatic heterocycles. The monoisotopic (exact) mass is 359 g/mol. The number of carbonyl (C=O) groups is 1. The van der Waals surface area contributed by atoms with Gasteiger partial charge >= 0.3 is 5.97 Å². The molecule has 0 aliphatic heterocycles. The van der Waals surface area contributed by atoms with Gasteiger partial charge in [-0.15, -0.1) is 11.3 Å². The highest BCUT2D eigenvalue weighted by Crippen LogP contribution is 2.35. The van der Waals surface area contributed by atoms with Gasteiger partial charge in [0, 0.05) is 4.88 Å². The third kappa shape index (κ3) is 3.82. The van der Waals surface area contributed by atoms with Crippen molar-refractivity contribution in [2.24, 2.45) is 5.10 Å². The molecule has 1 aliphatic carbocycles. The zero-order chi connectivity index (χ0) is 17.8. The molecule has 1 unspecified atom stereocenters. The van der Waals surface area contributed by atoms with E-state index in [4.69, 9.17) is 9.47 Å². The summed E-state index contributed by atoms with van der Waals surface area (Å²) in [6, 6.07) is 7.48. The standard InChI is InChI=1S/C18H21N3O3S/c1-4-24-18(22)16-14(9-10-15-17(16)25-11(2)19-15)21-20-12-5-7-13(23-3)8-6-12/h5-8,16,20H,4,9-10H2,1-3H3/b21-14+. The number of fused-ring (bicyclic) bond motifs is 1. The van der Waals surface area contributed by atoms with E-state index in [1.807, 2.05) is 38.1 Å². The second kappa shape index (κ2) is 7.65. The van der Waals surface area contributed by atoms with Crippen LogP contribution < -0.4 is 10.2 Å². The number of methoxy groups -OCH3 is 1. The van der Waals surface area contributed by atoms with E-state index >= 15 is 0 Å². The van der Waals surface area contributed by atoms with Crippen molar-refractivity contribution in [2.75, 3.05) is 19.1 Å². The van der Waals surface area contributed by atoms with E-state index in [0.29, 0.717) is 13.0 Å². The second-order valence-corrected chi connectivity index (χ2v) is 6.91. The van der Waals surface area contributed by atoms with Crippen molar-refractivity contribution in [3.05, 3.63) is 39.8 Å². The molecular formula is C18H21N3O3S. The summed E-state index contributed by atoms with van der Waals surface area (Å²) in [6.07, 6.45) is 1.47. The molecule has 6 nitrogen and oxygen atoms in total. The van der Waals surface area contributed by atoms with Crippen molar-refractivity contribution in [2.45, 2.75) is 32.6 Å². The highest BCUT2D eigenvalue weighted by Gasteiger charge is 2.35. The molecule has 7 heteroatoms. The average molecular weight is 359 g/mol. The Labute approximate surface area is 150 Å². The third-order valence-corrected chi connectivity index (χ3v) is 5.07. The number of carbonyl (C=O) groups excluding carboxylic acids is 1. The lowest BCUT2D eigenvalue weighted by Gasteiger charge is -2.22. The molecule has 1 heterocycles. The van der Waals surface area contributed by atoms with Crippen LogP contribution >= 0.6 is 11.3 Å². The molecule has 0 fully saturated rings. The summed E-state index contributed by atoms with van der Waals surface area (Å²) in [5, 5.41) is 5.47. The van der Waals surface area contributed by atoms with Gasteiger partial charge in [0.1, 0.15) is 11.7 Å². The maximum atomic E-state index is 12.5. The van der Waals surface area contributed by atoms with Crippen LogP contribution in [0.1, 0.15) is 34.8 Å². The van der Waals surface area contributed by atoms with Gasteiger partial charge in [0.15, 0.2) is 0 Å². The number of benzene rings is 1. The largest absolute Gasteiger partial charge is 0.497 e. The van der Waals surface area contributed by atoms with Crippen LogP contribution in [0.2, 0.25) is 0 Å². The lowest BCUT2D eigenvalue weighted by atomic mass is 9.89. The molecule has 2 aromatic rings. The Kier molecular flexibility index (Phi) is 5.33. The summed E-state index contributed by atoms with van der Waals surface area (Å²) in [5.74, 6) is 0.0491. The lowest BCUT2D eigenvalue weighted by Crippen LogP contribution is -2.29. The predicted molar refractivity (Wildman–Crippen MR) is 98.6 cm³/mol. The fourth-order valence-corrected chi connectivity index (χ4v) is 3.91. The van der Waals surface area contributed by atoms with Gasteiger partial charge in [0.05, 0.1) is 35.8 Å². The van der Waals surface area contributed by atoms with Gasteiger partial charge in [0.2, 0.25) is 0 Å². The second-order valence-electron chi connectivity index (χ2n) is 5.67. The molecule has 0 spiro atoms. The van der Waals surface area contributed by atoms with Crippen LogP contribution in [-0.2, 0) is 16.0 Å². The molecule has 0 bridgehead atoms. The van der Waals surface area contributed by atoms with Crippen LogP contribution in [0.5, 0.6) is 5.75 Å². The minimum absolute atomic E-state index is 0.262. The SMILES string of the molecule is CCOC(=O)C1/C(=N/Nc2ccc(OC)cc2)CCc2nc(C)sc21. The number of ether oxygens (including phenoxy) is 2. The van der Waals surface area contributed by atoms with E-state index in [0.717, 1.165) is 39.1 Å². The minimum Gasteiger partial charge on any atom is -0.497 e. The molecule has 132 valence electrons. The molecule has 25 heavy (non-hydrogen) atoms. The Morgan fingerprint density at radius 2 is 2.12 bits per heavy atom. The molecular weight excluding hydrogens is 338 g/mol. The number of esters is 1. The number of nitrogens with one attached hydrogen (secondary N) is 1. The molecule has 0 amide bonds. The van der Waals surface area contributed by atoms with Gasteiger partial charge in [-0.05, 0) is 51.0 Å². The number of hydrogen-bond acceptors (Lipinski definition) is 7. The van der Waals surface area contributed by atoms with Crippen molar-refractivity contribution >= 4 is 28.7 Å². The van der Waals surface area contributed by atoms with Crippen molar-refractivity contribution in [1.29, 1.82) is 0 Å². The van der Waals surface area contributed by atoms with Crippen LogP contribution in [0.4, 0.5) is 5.69 Å². The molecule has 1 N–H and O–H groups in total. The quantitative estimate of drug-likeness (QED) is 0.653. The summed E-state index contributed by atoms with van der Waals surface area (Å²) < 4.78 is 10.4. The Morgan fingerprint density at radius 3 is 2.80 bits per heavy atom. The van der Waals surface area contributed by atoms with Crippen molar-refractivity contribution in [3.63, 3.8) is 0 Å². The Bertz CT molecular complexity index is 783. The highest BCUT2D eigenvalue weighted by molar-refractivity contribution is 7.12. The van der Waals surface area contributed by atoms with E-state index in [1.54, 1.807) is 18.4 Å². The maximum Gasteiger partial charge on any atom is 0.320 e. The molecule has 0 saturated carbocycles. The van der Waals surface area contributed by atoms with E-state index in [9.17, 15) is 4.79 Å². The molecule has 0 saturated heterocycles. The van der Waals surface area contributed by atoms with Crippen LogP contribution in [0.25, 0.3) is 0 Å². The Balaban J connectivity index is 1.86. The van der Waals surface area contributed by atoms with Crippen molar-refractivity contribution in [1.82, 2.24) is 4.98 Å². The van der Waals surface area contributed by atoms with E-state index < -0.39 is 5.92 Å². The summed E-state index contributed by atoms with van der Waals surface area (Å²) in [4.78, 5) is 18.0. The smallest absolute Gasteiger partial charge is 0.320 e. The topological polar surface area (TPSA) is 72.8 Å². The number of anilines is 1. The van der Waals surface area contributed by atoms with Crippen molar-refractivity contribution in [3.8, 4) is 5.75 Å². The van der Waals surface area contributed by atoms with Crippen LogP contribution in [0.15, 0.2) is 29.4 Å². The first-order valence-electron chi connectivity index (χ1n) is 8.21. The Morgan fingerprint density at radius 1 is 1.36 bits per heavy atom. The zero-order valence-corrected chi connectivity index (χ0v) is 15.4. The zero-order valence-electron chi connectivity index (χ0n) is 14.5. The number of nitrogens with zero attached hydrogens (tertiary/aromatic N) is 2. The summed E-state index contributed by atoms with van der Waals surface area (Å²) in [6.45, 7) is 4.12. The van der Waals surface area contributed by atoms with Crippen LogP contribution in [0, 0.1) is 6.92 Å². The number of aromatic nitrogens is 1. The normalized spacial score (nSPS) is 17.9. The number of hydrazone groups is 1. The van der Waals surface area contributed by atoms with E-state index in [2.05, 4.69) is 15.5 Å². The van der Waals surface area contributed by atoms with E-state index in [-0.39, 0.29) is 5.97 Å². The molecule has 1 atom stereocenters. The Hall–Kier alpha value is -2.41. The number of rotatable bonds is 5. The van der Waals surface area contributed by atoms with Gasteiger partial charge in [-0.1, -0.05) is 0 Å². The summed E-state index contributed by atoms with van der Waals surface area (Å²) in [5.41, 5.74) is 5.65. The molecule has 3 rings (SSSR count). The average Bonchev–Trinajstić information content (AvgIpc) is 3.00. The molecule has 0 radical (unpaired) electrons. The van der Waals surface area contributed by atoms with Gasteiger partial charge in [0.25, 0.3) is 0 Å². The van der Waals surface area contributed by atoms with Gasteiger partial charge in [-0.3, -0.25) is 10.2 Å². The van der Waals surface area contributed by atoms with Crippen LogP contribution in [0.3, 0.4) is 0 Å². The van der Waals surface area contributed by atoms with Gasteiger partial charge in [-0.25, -0.2) is 4.98 Å². The lowest BCUT2D eigenvalue weighted by molar-refractivity contribution is -0.143.